The molecule has 0 aromatic heterocycles. The molecule has 1 atom stereocenters. The number of rotatable bonds is 8. The fraction of sp³-hybridized carbons (Fsp3) is 0.231. The van der Waals surface area contributed by atoms with E-state index in [0.29, 0.717) is 25.9 Å². The summed E-state index contributed by atoms with van der Waals surface area (Å²) in [6.45, 7) is 0.451. The number of anilines is 1. The van der Waals surface area contributed by atoms with Gasteiger partial charge in [-0.25, -0.2) is 0 Å². The molecule has 2 amide bonds. The van der Waals surface area contributed by atoms with E-state index < -0.39 is 0 Å². The van der Waals surface area contributed by atoms with Crippen molar-refractivity contribution in [3.63, 3.8) is 0 Å². The topological polar surface area (TPSA) is 67.4 Å². The summed E-state index contributed by atoms with van der Waals surface area (Å²) in [7, 11) is 0. The van der Waals surface area contributed by atoms with Crippen molar-refractivity contribution >= 4 is 33.4 Å². The van der Waals surface area contributed by atoms with Gasteiger partial charge < -0.3 is 15.4 Å². The Morgan fingerprint density at radius 1 is 1.00 bits per heavy atom. The highest BCUT2D eigenvalue weighted by atomic mass is 79.9. The number of aryl methyl sites for hydroxylation is 1. The lowest BCUT2D eigenvalue weighted by Crippen LogP contribution is -2.29. The Kier molecular flexibility index (Phi) is 7.22. The quantitative estimate of drug-likeness (QED) is 0.413. The zero-order valence-corrected chi connectivity index (χ0v) is 19.2. The zero-order valence-electron chi connectivity index (χ0n) is 17.6. The molecule has 0 spiro atoms. The van der Waals surface area contributed by atoms with Gasteiger partial charge >= 0.3 is 0 Å². The van der Waals surface area contributed by atoms with Crippen molar-refractivity contribution in [2.45, 2.75) is 31.7 Å². The molecule has 6 heteroatoms. The van der Waals surface area contributed by atoms with Crippen LogP contribution in [0.25, 0.3) is 0 Å². The van der Waals surface area contributed by atoms with E-state index in [0.717, 1.165) is 39.0 Å². The third kappa shape index (κ3) is 5.77. The number of carbonyl (C=O) groups excluding carboxylic acids is 2. The highest BCUT2D eigenvalue weighted by Crippen LogP contribution is 2.27. The molecule has 1 aliphatic rings. The second-order valence-electron chi connectivity index (χ2n) is 7.78. The van der Waals surface area contributed by atoms with E-state index in [1.165, 1.54) is 0 Å². The van der Waals surface area contributed by atoms with Gasteiger partial charge in [0.1, 0.15) is 5.75 Å². The molecule has 164 valence electrons. The van der Waals surface area contributed by atoms with E-state index >= 15 is 0 Å². The third-order valence-electron chi connectivity index (χ3n) is 5.43. The highest BCUT2D eigenvalue weighted by Gasteiger charge is 2.17. The summed E-state index contributed by atoms with van der Waals surface area (Å²) >= 11 is 3.47. The number of benzene rings is 3. The molecule has 4 rings (SSSR count). The minimum absolute atomic E-state index is 0.0153. The van der Waals surface area contributed by atoms with Crippen LogP contribution in [0.15, 0.2) is 77.3 Å². The first kappa shape index (κ1) is 22.1. The Balaban J connectivity index is 1.31. The Labute approximate surface area is 196 Å². The van der Waals surface area contributed by atoms with E-state index in [2.05, 4.69) is 26.6 Å². The molecule has 0 saturated heterocycles. The van der Waals surface area contributed by atoms with Crippen LogP contribution in [-0.2, 0) is 16.0 Å². The van der Waals surface area contributed by atoms with Gasteiger partial charge in [-0.1, -0.05) is 58.4 Å². The average molecular weight is 493 g/mol. The van der Waals surface area contributed by atoms with Crippen LogP contribution < -0.4 is 15.4 Å². The van der Waals surface area contributed by atoms with Crippen molar-refractivity contribution < 1.29 is 14.3 Å². The van der Waals surface area contributed by atoms with Crippen LogP contribution in [0.5, 0.6) is 5.75 Å². The number of amides is 2. The molecule has 32 heavy (non-hydrogen) atoms. The second-order valence-corrected chi connectivity index (χ2v) is 8.70. The standard InChI is InChI=1S/C26H25BrN2O3/c27-21-11-8-19(9-12-21)26(18-5-2-1-3-6-18)29-24(30)7-4-16-32-22-13-14-23-20(17-22)10-15-25(31)28-23/h1-3,5-6,8-9,11-14,17,26H,4,7,10,15-16H2,(H,28,31)(H,29,30). The summed E-state index contributed by atoms with van der Waals surface area (Å²) in [6, 6.07) is 23.5. The summed E-state index contributed by atoms with van der Waals surface area (Å²) in [6.07, 6.45) is 2.21. The third-order valence-corrected chi connectivity index (χ3v) is 5.96. The molecule has 0 bridgehead atoms. The predicted molar refractivity (Wildman–Crippen MR) is 129 cm³/mol. The minimum Gasteiger partial charge on any atom is -0.494 e. The van der Waals surface area contributed by atoms with Crippen molar-refractivity contribution in [3.05, 3.63) is 94.0 Å². The molecule has 3 aromatic rings. The van der Waals surface area contributed by atoms with Crippen molar-refractivity contribution in [3.8, 4) is 5.75 Å². The van der Waals surface area contributed by atoms with Crippen molar-refractivity contribution in [1.82, 2.24) is 5.32 Å². The predicted octanol–water partition coefficient (Wildman–Crippen LogP) is 5.40. The maximum atomic E-state index is 12.7. The van der Waals surface area contributed by atoms with Gasteiger partial charge in [0.2, 0.25) is 11.8 Å². The van der Waals surface area contributed by atoms with Gasteiger partial charge in [-0.3, -0.25) is 9.59 Å². The molecule has 1 heterocycles. The Morgan fingerprint density at radius 3 is 2.53 bits per heavy atom. The summed E-state index contributed by atoms with van der Waals surface area (Å²) < 4.78 is 6.84. The number of hydrogen-bond donors (Lipinski definition) is 2. The fourth-order valence-corrected chi connectivity index (χ4v) is 4.03. The van der Waals surface area contributed by atoms with E-state index in [1.807, 2.05) is 72.8 Å². The molecular weight excluding hydrogens is 468 g/mol. The van der Waals surface area contributed by atoms with Crippen molar-refractivity contribution in [1.29, 1.82) is 0 Å². The van der Waals surface area contributed by atoms with Gasteiger partial charge in [0, 0.05) is 23.0 Å². The molecule has 1 aliphatic heterocycles. The van der Waals surface area contributed by atoms with Crippen LogP contribution >= 0.6 is 15.9 Å². The first-order chi connectivity index (χ1) is 15.6. The molecule has 2 N–H and O–H groups in total. The van der Waals surface area contributed by atoms with Gasteiger partial charge in [-0.05, 0) is 59.9 Å². The summed E-state index contributed by atoms with van der Waals surface area (Å²) in [4.78, 5) is 24.2. The maximum Gasteiger partial charge on any atom is 0.224 e. The number of ether oxygens (including phenoxy) is 1. The van der Waals surface area contributed by atoms with E-state index in [4.69, 9.17) is 4.74 Å². The number of hydrogen-bond acceptors (Lipinski definition) is 3. The van der Waals surface area contributed by atoms with Gasteiger partial charge in [-0.15, -0.1) is 0 Å². The largest absolute Gasteiger partial charge is 0.494 e. The highest BCUT2D eigenvalue weighted by molar-refractivity contribution is 9.10. The van der Waals surface area contributed by atoms with Crippen molar-refractivity contribution in [2.24, 2.45) is 0 Å². The molecule has 1 unspecified atom stereocenters. The van der Waals surface area contributed by atoms with Gasteiger partial charge in [0.05, 0.1) is 12.6 Å². The molecule has 5 nitrogen and oxygen atoms in total. The Hall–Kier alpha value is -3.12. The normalized spacial score (nSPS) is 13.6. The first-order valence-corrected chi connectivity index (χ1v) is 11.5. The SMILES string of the molecule is O=C1CCc2cc(OCCCC(=O)NC(c3ccccc3)c3ccc(Br)cc3)ccc2N1. The molecule has 0 saturated carbocycles. The molecule has 0 aliphatic carbocycles. The zero-order chi connectivity index (χ0) is 22.3. The van der Waals surface area contributed by atoms with Crippen molar-refractivity contribution in [2.75, 3.05) is 11.9 Å². The lowest BCUT2D eigenvalue weighted by molar-refractivity contribution is -0.121. The van der Waals surface area contributed by atoms with Crippen LogP contribution in [0.4, 0.5) is 5.69 Å². The molecule has 3 aromatic carbocycles. The van der Waals surface area contributed by atoms with Crippen LogP contribution in [0.3, 0.4) is 0 Å². The Morgan fingerprint density at radius 2 is 1.75 bits per heavy atom. The van der Waals surface area contributed by atoms with Crippen LogP contribution in [-0.4, -0.2) is 18.4 Å². The second kappa shape index (κ2) is 10.5. The average Bonchev–Trinajstić information content (AvgIpc) is 2.81. The van der Waals surface area contributed by atoms with Crippen LogP contribution in [0, 0.1) is 0 Å². The fourth-order valence-electron chi connectivity index (χ4n) is 3.77. The Bertz CT molecular complexity index is 1080. The monoisotopic (exact) mass is 492 g/mol. The van der Waals surface area contributed by atoms with E-state index in [9.17, 15) is 9.59 Å². The van der Waals surface area contributed by atoms with Crippen LogP contribution in [0.2, 0.25) is 0 Å². The minimum atomic E-state index is -0.200. The first-order valence-electron chi connectivity index (χ1n) is 10.7. The van der Waals surface area contributed by atoms with Gasteiger partial charge in [-0.2, -0.15) is 0 Å². The summed E-state index contributed by atoms with van der Waals surface area (Å²) in [5.74, 6) is 0.796. The number of carbonyl (C=O) groups is 2. The lowest BCUT2D eigenvalue weighted by atomic mass is 9.98. The summed E-state index contributed by atoms with van der Waals surface area (Å²) in [5, 5.41) is 6.03. The van der Waals surface area contributed by atoms with Gasteiger partial charge in [0.15, 0.2) is 0 Å². The summed E-state index contributed by atoms with van der Waals surface area (Å²) in [5.41, 5.74) is 4.01. The number of halogens is 1. The van der Waals surface area contributed by atoms with Gasteiger partial charge in [0.25, 0.3) is 0 Å². The number of nitrogens with one attached hydrogen (secondary N) is 2. The molecular formula is C26H25BrN2O3. The lowest BCUT2D eigenvalue weighted by Gasteiger charge is -2.20. The van der Waals surface area contributed by atoms with Crippen LogP contribution in [0.1, 0.15) is 42.0 Å². The van der Waals surface area contributed by atoms with E-state index in [1.54, 1.807) is 0 Å². The van der Waals surface area contributed by atoms with E-state index in [-0.39, 0.29) is 17.9 Å². The smallest absolute Gasteiger partial charge is 0.224 e. The maximum absolute atomic E-state index is 12.7. The number of fused-ring (bicyclic) bond motifs is 1. The molecule has 0 radical (unpaired) electrons. The molecule has 0 fully saturated rings.